The Morgan fingerprint density at radius 3 is 2.73 bits per heavy atom. The van der Waals surface area contributed by atoms with Crippen molar-refractivity contribution in [1.29, 1.82) is 0 Å². The predicted molar refractivity (Wildman–Crippen MR) is 64.3 cm³/mol. The maximum absolute atomic E-state index is 4.13. The minimum Gasteiger partial charge on any atom is -0.357 e. The van der Waals surface area contributed by atoms with E-state index in [0.717, 1.165) is 10.1 Å². The molecule has 0 amide bonds. The Morgan fingerprint density at radius 2 is 2.13 bits per heavy atom. The number of rotatable bonds is 2. The molecule has 1 fully saturated rings. The van der Waals surface area contributed by atoms with Crippen LogP contribution in [0.15, 0.2) is 0 Å². The molecular formula is C11H19N3S. The third kappa shape index (κ3) is 2.48. The molecule has 0 radical (unpaired) electrons. The molecule has 1 aliphatic rings. The summed E-state index contributed by atoms with van der Waals surface area (Å²) in [5.74, 6) is 0. The van der Waals surface area contributed by atoms with Crippen LogP contribution in [0, 0.1) is 12.3 Å². The highest BCUT2D eigenvalue weighted by Gasteiger charge is 2.32. The Balaban J connectivity index is 2.04. The van der Waals surface area contributed by atoms with Gasteiger partial charge >= 0.3 is 0 Å². The van der Waals surface area contributed by atoms with Gasteiger partial charge in [0.25, 0.3) is 0 Å². The molecule has 4 heteroatoms. The molecule has 2 rings (SSSR count). The lowest BCUT2D eigenvalue weighted by molar-refractivity contribution is 0.217. The van der Waals surface area contributed by atoms with Crippen LogP contribution in [-0.2, 0) is 0 Å². The summed E-state index contributed by atoms with van der Waals surface area (Å²) in [7, 11) is 0. The number of hydrogen-bond acceptors (Lipinski definition) is 4. The van der Waals surface area contributed by atoms with Crippen LogP contribution in [0.2, 0.25) is 0 Å². The van der Waals surface area contributed by atoms with E-state index < -0.39 is 0 Å². The van der Waals surface area contributed by atoms with Crippen molar-refractivity contribution in [2.75, 3.05) is 5.32 Å². The lowest BCUT2D eigenvalue weighted by atomic mass is 9.73. The van der Waals surface area contributed by atoms with E-state index in [1.165, 1.54) is 25.7 Å². The van der Waals surface area contributed by atoms with E-state index >= 15 is 0 Å². The van der Waals surface area contributed by atoms with Gasteiger partial charge in [0.05, 0.1) is 0 Å². The number of aryl methyl sites for hydroxylation is 1. The summed E-state index contributed by atoms with van der Waals surface area (Å²) in [6, 6.07) is 0.554. The van der Waals surface area contributed by atoms with Crippen LogP contribution in [0.3, 0.4) is 0 Å². The van der Waals surface area contributed by atoms with Gasteiger partial charge in [-0.15, -0.1) is 10.2 Å². The molecule has 0 bridgehead atoms. The van der Waals surface area contributed by atoms with Crippen LogP contribution < -0.4 is 5.32 Å². The van der Waals surface area contributed by atoms with Crippen molar-refractivity contribution < 1.29 is 0 Å². The molecule has 3 nitrogen and oxygen atoms in total. The molecule has 0 aliphatic heterocycles. The van der Waals surface area contributed by atoms with E-state index in [1.807, 2.05) is 6.92 Å². The molecule has 0 aromatic carbocycles. The standard InChI is InChI=1S/C11H19N3S/c1-8-13-14-10(15-8)12-9-6-4-5-7-11(9,2)3/h9H,4-7H2,1-3H3,(H,12,14). The van der Waals surface area contributed by atoms with Gasteiger partial charge in [0.2, 0.25) is 5.13 Å². The van der Waals surface area contributed by atoms with Crippen molar-refractivity contribution in [3.63, 3.8) is 0 Å². The Hall–Kier alpha value is -0.640. The van der Waals surface area contributed by atoms with Gasteiger partial charge < -0.3 is 5.32 Å². The summed E-state index contributed by atoms with van der Waals surface area (Å²) in [5, 5.41) is 13.7. The topological polar surface area (TPSA) is 37.8 Å². The van der Waals surface area contributed by atoms with Crippen molar-refractivity contribution >= 4 is 16.5 Å². The number of hydrogen-bond donors (Lipinski definition) is 1. The van der Waals surface area contributed by atoms with Crippen molar-refractivity contribution in [3.05, 3.63) is 5.01 Å². The average Bonchev–Trinajstić information content (AvgIpc) is 2.55. The zero-order valence-corrected chi connectivity index (χ0v) is 10.5. The van der Waals surface area contributed by atoms with Crippen LogP contribution in [0.1, 0.15) is 44.5 Å². The SMILES string of the molecule is Cc1nnc(NC2CCCCC2(C)C)s1. The largest absolute Gasteiger partial charge is 0.357 e. The first-order chi connectivity index (χ1) is 7.08. The Bertz CT molecular complexity index is 332. The molecular weight excluding hydrogens is 206 g/mol. The van der Waals surface area contributed by atoms with Gasteiger partial charge in [-0.3, -0.25) is 0 Å². The lowest BCUT2D eigenvalue weighted by Gasteiger charge is -2.38. The molecule has 1 aliphatic carbocycles. The van der Waals surface area contributed by atoms with E-state index in [-0.39, 0.29) is 0 Å². The maximum atomic E-state index is 4.13. The number of nitrogens with zero attached hydrogens (tertiary/aromatic N) is 2. The normalized spacial score (nSPS) is 25.1. The van der Waals surface area contributed by atoms with Gasteiger partial charge in [-0.25, -0.2) is 0 Å². The summed E-state index contributed by atoms with van der Waals surface area (Å²) in [5.41, 5.74) is 0.387. The highest BCUT2D eigenvalue weighted by molar-refractivity contribution is 7.15. The quantitative estimate of drug-likeness (QED) is 0.839. The zero-order valence-electron chi connectivity index (χ0n) is 9.71. The molecule has 84 valence electrons. The highest BCUT2D eigenvalue weighted by Crippen LogP contribution is 2.37. The predicted octanol–water partition coefficient (Wildman–Crippen LogP) is 3.23. The lowest BCUT2D eigenvalue weighted by Crippen LogP contribution is -2.38. The Kier molecular flexibility index (Phi) is 2.96. The fourth-order valence-electron chi connectivity index (χ4n) is 2.27. The first-order valence-corrected chi connectivity index (χ1v) is 6.46. The van der Waals surface area contributed by atoms with Gasteiger partial charge in [0.1, 0.15) is 5.01 Å². The fourth-order valence-corrected chi connectivity index (χ4v) is 2.91. The van der Waals surface area contributed by atoms with Gasteiger partial charge in [0.15, 0.2) is 0 Å². The summed E-state index contributed by atoms with van der Waals surface area (Å²) in [6.07, 6.45) is 5.26. The molecule has 0 spiro atoms. The Morgan fingerprint density at radius 1 is 1.33 bits per heavy atom. The van der Waals surface area contributed by atoms with Gasteiger partial charge in [-0.2, -0.15) is 0 Å². The third-order valence-corrected chi connectivity index (χ3v) is 4.10. The van der Waals surface area contributed by atoms with E-state index in [2.05, 4.69) is 29.4 Å². The van der Waals surface area contributed by atoms with Crippen molar-refractivity contribution in [1.82, 2.24) is 10.2 Å². The second-order valence-electron chi connectivity index (χ2n) is 5.06. The van der Waals surface area contributed by atoms with Gasteiger partial charge in [0, 0.05) is 6.04 Å². The number of anilines is 1. The summed E-state index contributed by atoms with van der Waals surface area (Å²) < 4.78 is 0. The molecule has 1 atom stereocenters. The molecule has 1 unspecified atom stereocenters. The summed E-state index contributed by atoms with van der Waals surface area (Å²) in [4.78, 5) is 0. The van der Waals surface area contributed by atoms with Crippen molar-refractivity contribution in [2.45, 2.75) is 52.5 Å². The molecule has 1 aromatic heterocycles. The summed E-state index contributed by atoms with van der Waals surface area (Å²) in [6.45, 7) is 6.68. The van der Waals surface area contributed by atoms with E-state index in [0.29, 0.717) is 11.5 Å². The van der Waals surface area contributed by atoms with E-state index in [4.69, 9.17) is 0 Å². The summed E-state index contributed by atoms with van der Waals surface area (Å²) >= 11 is 1.65. The molecule has 15 heavy (non-hydrogen) atoms. The van der Waals surface area contributed by atoms with E-state index in [1.54, 1.807) is 11.3 Å². The number of aromatic nitrogens is 2. The molecule has 1 saturated carbocycles. The average molecular weight is 225 g/mol. The third-order valence-electron chi connectivity index (χ3n) is 3.33. The molecule has 1 aromatic rings. The first-order valence-electron chi connectivity index (χ1n) is 5.64. The van der Waals surface area contributed by atoms with Crippen molar-refractivity contribution in [2.24, 2.45) is 5.41 Å². The smallest absolute Gasteiger partial charge is 0.205 e. The Labute approximate surface area is 95.3 Å². The molecule has 1 heterocycles. The van der Waals surface area contributed by atoms with Crippen LogP contribution in [0.25, 0.3) is 0 Å². The monoisotopic (exact) mass is 225 g/mol. The number of nitrogens with one attached hydrogen (secondary N) is 1. The van der Waals surface area contributed by atoms with Gasteiger partial charge in [-0.1, -0.05) is 38.0 Å². The molecule has 1 N–H and O–H groups in total. The van der Waals surface area contributed by atoms with Crippen LogP contribution in [0.5, 0.6) is 0 Å². The second-order valence-corrected chi connectivity index (χ2v) is 6.24. The van der Waals surface area contributed by atoms with E-state index in [9.17, 15) is 0 Å². The molecule has 0 saturated heterocycles. The fraction of sp³-hybridized carbons (Fsp3) is 0.818. The van der Waals surface area contributed by atoms with Gasteiger partial charge in [-0.05, 0) is 25.2 Å². The minimum absolute atomic E-state index is 0.387. The van der Waals surface area contributed by atoms with Crippen molar-refractivity contribution in [3.8, 4) is 0 Å². The second kappa shape index (κ2) is 4.08. The highest BCUT2D eigenvalue weighted by atomic mass is 32.1. The maximum Gasteiger partial charge on any atom is 0.205 e. The minimum atomic E-state index is 0.387. The van der Waals surface area contributed by atoms with Crippen LogP contribution in [-0.4, -0.2) is 16.2 Å². The van der Waals surface area contributed by atoms with Crippen LogP contribution >= 0.6 is 11.3 Å². The first kappa shape index (κ1) is 10.9. The van der Waals surface area contributed by atoms with Crippen LogP contribution in [0.4, 0.5) is 5.13 Å². The zero-order chi connectivity index (χ0) is 10.9.